The van der Waals surface area contributed by atoms with E-state index in [0.717, 1.165) is 37.2 Å². The van der Waals surface area contributed by atoms with Crippen LogP contribution in [0.4, 0.5) is 5.69 Å². The lowest BCUT2D eigenvalue weighted by Gasteiger charge is -2.31. The Hall–Kier alpha value is -1.11. The van der Waals surface area contributed by atoms with E-state index in [0.29, 0.717) is 11.4 Å². The minimum absolute atomic E-state index is 0.332. The van der Waals surface area contributed by atoms with Crippen molar-refractivity contribution in [2.75, 3.05) is 31.6 Å². The van der Waals surface area contributed by atoms with Gasteiger partial charge in [0.2, 0.25) is 10.0 Å². The summed E-state index contributed by atoms with van der Waals surface area (Å²) in [5.41, 5.74) is 7.79. The first-order valence-corrected chi connectivity index (χ1v) is 7.58. The normalized spacial score (nSPS) is 15.6. The minimum Gasteiger partial charge on any atom is -0.370 e. The topological polar surface area (TPSA) is 75.4 Å². The molecule has 1 heterocycles. The van der Waals surface area contributed by atoms with Crippen molar-refractivity contribution >= 4 is 15.7 Å². The molecule has 18 heavy (non-hydrogen) atoms. The summed E-state index contributed by atoms with van der Waals surface area (Å²) in [6.07, 6.45) is 1.96. The molecule has 1 aromatic rings. The van der Waals surface area contributed by atoms with Gasteiger partial charge in [0.25, 0.3) is 0 Å². The molecule has 1 aromatic carbocycles. The van der Waals surface area contributed by atoms with E-state index in [2.05, 4.69) is 9.62 Å². The first-order chi connectivity index (χ1) is 8.58. The van der Waals surface area contributed by atoms with Crippen LogP contribution in [-0.2, 0) is 16.4 Å². The van der Waals surface area contributed by atoms with E-state index in [9.17, 15) is 8.42 Å². The van der Waals surface area contributed by atoms with Gasteiger partial charge >= 0.3 is 0 Å². The summed E-state index contributed by atoms with van der Waals surface area (Å²) >= 11 is 0. The number of nitrogens with two attached hydrogens (primary N) is 1. The van der Waals surface area contributed by atoms with Crippen LogP contribution in [0, 0.1) is 0 Å². The van der Waals surface area contributed by atoms with E-state index in [4.69, 9.17) is 5.73 Å². The van der Waals surface area contributed by atoms with Crippen LogP contribution in [0.15, 0.2) is 23.1 Å². The Morgan fingerprint density at radius 3 is 2.89 bits per heavy atom. The van der Waals surface area contributed by atoms with Gasteiger partial charge in [-0.25, -0.2) is 13.1 Å². The molecule has 5 nitrogen and oxygen atoms in total. The molecule has 2 rings (SSSR count). The van der Waals surface area contributed by atoms with Crippen molar-refractivity contribution in [3.8, 4) is 0 Å². The molecule has 0 amide bonds. The van der Waals surface area contributed by atoms with Gasteiger partial charge in [-0.1, -0.05) is 0 Å². The maximum absolute atomic E-state index is 11.7. The second-order valence-electron chi connectivity index (χ2n) is 4.38. The lowest BCUT2D eigenvalue weighted by molar-refractivity contribution is 0.587. The highest BCUT2D eigenvalue weighted by Crippen LogP contribution is 2.28. The zero-order valence-corrected chi connectivity index (χ0v) is 11.3. The molecule has 0 atom stereocenters. The number of fused-ring (bicyclic) bond motifs is 1. The Morgan fingerprint density at radius 1 is 1.44 bits per heavy atom. The van der Waals surface area contributed by atoms with Crippen LogP contribution in [0.25, 0.3) is 0 Å². The van der Waals surface area contributed by atoms with Gasteiger partial charge in [0, 0.05) is 25.3 Å². The molecule has 0 fully saturated rings. The summed E-state index contributed by atoms with van der Waals surface area (Å²) in [6.45, 7) is 2.41. The van der Waals surface area contributed by atoms with E-state index >= 15 is 0 Å². The summed E-state index contributed by atoms with van der Waals surface area (Å²) in [5, 5.41) is 0. The first-order valence-electron chi connectivity index (χ1n) is 6.10. The average Bonchev–Trinajstić information content (AvgIpc) is 2.39. The lowest BCUT2D eigenvalue weighted by atomic mass is 10.0. The van der Waals surface area contributed by atoms with E-state index in [1.165, 1.54) is 7.05 Å². The lowest BCUT2D eigenvalue weighted by Crippen LogP contribution is -2.34. The first kappa shape index (κ1) is 13.3. The molecule has 0 radical (unpaired) electrons. The number of nitrogens with zero attached hydrogens (tertiary/aromatic N) is 1. The van der Waals surface area contributed by atoms with Crippen molar-refractivity contribution < 1.29 is 8.42 Å². The number of benzene rings is 1. The predicted molar refractivity (Wildman–Crippen MR) is 72.3 cm³/mol. The Morgan fingerprint density at radius 2 is 2.22 bits per heavy atom. The predicted octanol–water partition coefficient (Wildman–Crippen LogP) is 0.306. The molecule has 1 aliphatic heterocycles. The Bertz CT molecular complexity index is 528. The third-order valence-electron chi connectivity index (χ3n) is 3.24. The smallest absolute Gasteiger partial charge is 0.240 e. The molecule has 0 spiro atoms. The van der Waals surface area contributed by atoms with Gasteiger partial charge in [-0.15, -0.1) is 0 Å². The quantitative estimate of drug-likeness (QED) is 0.824. The summed E-state index contributed by atoms with van der Waals surface area (Å²) in [6, 6.07) is 5.30. The van der Waals surface area contributed by atoms with E-state index in [-0.39, 0.29) is 0 Å². The van der Waals surface area contributed by atoms with Crippen molar-refractivity contribution in [2.45, 2.75) is 17.7 Å². The van der Waals surface area contributed by atoms with E-state index in [1.54, 1.807) is 12.1 Å². The molecular weight excluding hydrogens is 250 g/mol. The molecule has 3 N–H and O–H groups in total. The van der Waals surface area contributed by atoms with Crippen molar-refractivity contribution in [1.82, 2.24) is 4.72 Å². The zero-order chi connectivity index (χ0) is 13.2. The second-order valence-corrected chi connectivity index (χ2v) is 6.26. The van der Waals surface area contributed by atoms with E-state index in [1.807, 2.05) is 6.07 Å². The molecule has 0 aliphatic carbocycles. The Kier molecular flexibility index (Phi) is 3.89. The third-order valence-corrected chi connectivity index (χ3v) is 4.66. The molecule has 0 aromatic heterocycles. The molecule has 0 bridgehead atoms. The Balaban J connectivity index is 2.38. The van der Waals surface area contributed by atoms with Gasteiger partial charge in [-0.3, -0.25) is 0 Å². The van der Waals surface area contributed by atoms with Gasteiger partial charge in [0.15, 0.2) is 0 Å². The third kappa shape index (κ3) is 2.50. The van der Waals surface area contributed by atoms with Crippen LogP contribution in [0.2, 0.25) is 0 Å². The van der Waals surface area contributed by atoms with E-state index < -0.39 is 10.0 Å². The fourth-order valence-electron chi connectivity index (χ4n) is 2.32. The zero-order valence-electron chi connectivity index (χ0n) is 10.5. The fraction of sp³-hybridized carbons (Fsp3) is 0.500. The molecular formula is C12H19N3O2S. The standard InChI is InChI=1S/C12H19N3O2S/c1-14-18(16,17)11-4-5-12-10(9-11)3-2-7-15(12)8-6-13/h4-5,9,14H,2-3,6-8,13H2,1H3. The number of hydrogen-bond acceptors (Lipinski definition) is 4. The van der Waals surface area contributed by atoms with Crippen molar-refractivity contribution in [3.63, 3.8) is 0 Å². The summed E-state index contributed by atoms with van der Waals surface area (Å²) in [5.74, 6) is 0. The molecule has 6 heteroatoms. The number of sulfonamides is 1. The van der Waals surface area contributed by atoms with Crippen LogP contribution in [-0.4, -0.2) is 35.1 Å². The number of nitrogens with one attached hydrogen (secondary N) is 1. The summed E-state index contributed by atoms with van der Waals surface area (Å²) in [4.78, 5) is 2.55. The molecule has 0 saturated heterocycles. The molecule has 1 aliphatic rings. The fourth-order valence-corrected chi connectivity index (χ4v) is 3.10. The van der Waals surface area contributed by atoms with Gasteiger partial charge in [-0.05, 0) is 43.7 Å². The molecule has 0 saturated carbocycles. The molecule has 100 valence electrons. The monoisotopic (exact) mass is 269 g/mol. The largest absolute Gasteiger partial charge is 0.370 e. The van der Waals surface area contributed by atoms with Gasteiger partial charge in [-0.2, -0.15) is 0 Å². The SMILES string of the molecule is CNS(=O)(=O)c1ccc2c(c1)CCCN2CCN. The maximum Gasteiger partial charge on any atom is 0.240 e. The minimum atomic E-state index is -3.35. The Labute approximate surface area is 108 Å². The highest BCUT2D eigenvalue weighted by atomic mass is 32.2. The van der Waals surface area contributed by atoms with Crippen LogP contribution < -0.4 is 15.4 Å². The van der Waals surface area contributed by atoms with Crippen LogP contribution >= 0.6 is 0 Å². The van der Waals surface area contributed by atoms with Crippen molar-refractivity contribution in [1.29, 1.82) is 0 Å². The second kappa shape index (κ2) is 5.26. The molecule has 0 unspecified atom stereocenters. The number of anilines is 1. The van der Waals surface area contributed by atoms with Crippen LogP contribution in [0.1, 0.15) is 12.0 Å². The average molecular weight is 269 g/mol. The van der Waals surface area contributed by atoms with Crippen LogP contribution in [0.3, 0.4) is 0 Å². The highest BCUT2D eigenvalue weighted by Gasteiger charge is 2.19. The summed E-state index contributed by atoms with van der Waals surface area (Å²) in [7, 11) is -1.93. The van der Waals surface area contributed by atoms with Crippen molar-refractivity contribution in [2.24, 2.45) is 5.73 Å². The van der Waals surface area contributed by atoms with Crippen LogP contribution in [0.5, 0.6) is 0 Å². The maximum atomic E-state index is 11.7. The number of rotatable bonds is 4. The highest BCUT2D eigenvalue weighted by molar-refractivity contribution is 7.89. The van der Waals surface area contributed by atoms with Gasteiger partial charge in [0.05, 0.1) is 4.90 Å². The number of hydrogen-bond donors (Lipinski definition) is 2. The summed E-state index contributed by atoms with van der Waals surface area (Å²) < 4.78 is 25.8. The van der Waals surface area contributed by atoms with Gasteiger partial charge < -0.3 is 10.6 Å². The van der Waals surface area contributed by atoms with Crippen molar-refractivity contribution in [3.05, 3.63) is 23.8 Å². The number of aryl methyl sites for hydroxylation is 1. The van der Waals surface area contributed by atoms with Gasteiger partial charge in [0.1, 0.15) is 0 Å².